The van der Waals surface area contributed by atoms with Gasteiger partial charge < -0.3 is 26.0 Å². The molecule has 0 radical (unpaired) electrons. The van der Waals surface area contributed by atoms with Crippen LogP contribution in [0.4, 0.5) is 10.1 Å². The summed E-state index contributed by atoms with van der Waals surface area (Å²) in [5, 5.41) is 18.4. The van der Waals surface area contributed by atoms with E-state index in [4.69, 9.17) is 0 Å². The van der Waals surface area contributed by atoms with Gasteiger partial charge >= 0.3 is 0 Å². The maximum atomic E-state index is 14.3. The molecule has 7 heteroatoms. The van der Waals surface area contributed by atoms with Crippen molar-refractivity contribution in [3.8, 4) is 0 Å². The fourth-order valence-corrected chi connectivity index (χ4v) is 3.05. The van der Waals surface area contributed by atoms with Crippen molar-refractivity contribution in [1.29, 1.82) is 0 Å². The van der Waals surface area contributed by atoms with Gasteiger partial charge in [-0.3, -0.25) is 4.79 Å². The van der Waals surface area contributed by atoms with E-state index in [1.54, 1.807) is 6.07 Å². The van der Waals surface area contributed by atoms with E-state index in [1.807, 2.05) is 11.0 Å². The lowest BCUT2D eigenvalue weighted by Gasteiger charge is -2.29. The zero-order valence-electron chi connectivity index (χ0n) is 13.0. The van der Waals surface area contributed by atoms with Gasteiger partial charge in [0.05, 0.1) is 17.8 Å². The van der Waals surface area contributed by atoms with E-state index >= 15 is 0 Å². The molecule has 3 rings (SSSR count). The Balaban J connectivity index is 1.56. The van der Waals surface area contributed by atoms with E-state index in [9.17, 15) is 14.3 Å². The Morgan fingerprint density at radius 1 is 1.39 bits per heavy atom. The molecular weight excluding hydrogens is 299 g/mol. The van der Waals surface area contributed by atoms with Crippen LogP contribution in [0.15, 0.2) is 18.2 Å². The van der Waals surface area contributed by atoms with Crippen molar-refractivity contribution in [2.24, 2.45) is 0 Å². The number of β-amino-alcohol motifs (C(OH)–C–C–N with tert-alkyl or cyclic N) is 1. The van der Waals surface area contributed by atoms with Gasteiger partial charge in [-0.2, -0.15) is 0 Å². The Bertz CT molecular complexity index is 563. The zero-order valence-corrected chi connectivity index (χ0v) is 13.0. The summed E-state index contributed by atoms with van der Waals surface area (Å²) in [6, 6.07) is 4.74. The molecule has 2 heterocycles. The average Bonchev–Trinajstić information content (AvgIpc) is 3.00. The molecule has 2 saturated heterocycles. The smallest absolute Gasteiger partial charge is 0.237 e. The van der Waals surface area contributed by atoms with Crippen LogP contribution in [-0.2, 0) is 11.3 Å². The molecule has 2 fully saturated rings. The predicted molar refractivity (Wildman–Crippen MR) is 85.7 cm³/mol. The summed E-state index contributed by atoms with van der Waals surface area (Å²) in [5.41, 5.74) is 1.34. The lowest BCUT2D eigenvalue weighted by atomic mass is 10.1. The Morgan fingerprint density at radius 3 is 2.83 bits per heavy atom. The van der Waals surface area contributed by atoms with E-state index in [0.717, 1.165) is 31.7 Å². The molecule has 0 spiro atoms. The minimum atomic E-state index is -0.471. The summed E-state index contributed by atoms with van der Waals surface area (Å²) in [5.74, 6) is -0.416. The molecule has 0 unspecified atom stereocenters. The Kier molecular flexibility index (Phi) is 5.09. The number of amides is 1. The highest BCUT2D eigenvalue weighted by Crippen LogP contribution is 2.21. The fraction of sp³-hybridized carbons (Fsp3) is 0.562. The van der Waals surface area contributed by atoms with Crippen LogP contribution >= 0.6 is 0 Å². The molecular formula is C16H23FN4O2. The molecule has 0 saturated carbocycles. The highest BCUT2D eigenvalue weighted by Gasteiger charge is 2.27. The number of piperazine rings is 1. The highest BCUT2D eigenvalue weighted by molar-refractivity contribution is 5.82. The van der Waals surface area contributed by atoms with Crippen molar-refractivity contribution in [3.63, 3.8) is 0 Å². The van der Waals surface area contributed by atoms with Crippen LogP contribution in [0.5, 0.6) is 0 Å². The predicted octanol–water partition coefficient (Wildman–Crippen LogP) is -0.426. The van der Waals surface area contributed by atoms with Gasteiger partial charge in [0.2, 0.25) is 5.91 Å². The first-order valence-electron chi connectivity index (χ1n) is 8.07. The largest absolute Gasteiger partial charge is 0.392 e. The van der Waals surface area contributed by atoms with Crippen molar-refractivity contribution in [1.82, 2.24) is 16.0 Å². The number of carbonyl (C=O) groups excluding carboxylic acids is 1. The number of rotatable bonds is 4. The van der Waals surface area contributed by atoms with Crippen LogP contribution < -0.4 is 20.9 Å². The molecule has 1 aromatic rings. The SMILES string of the molecule is O=C(NCc1ccc(N2CCNCC2)c(F)c1)[C@H]1C[C@H](O)CN1. The number of carbonyl (C=O) groups is 1. The van der Waals surface area contributed by atoms with E-state index in [-0.39, 0.29) is 24.3 Å². The summed E-state index contributed by atoms with van der Waals surface area (Å²) < 4.78 is 14.3. The Labute approximate surface area is 135 Å². The molecule has 126 valence electrons. The van der Waals surface area contributed by atoms with E-state index in [1.165, 1.54) is 6.07 Å². The van der Waals surface area contributed by atoms with Gasteiger partial charge in [-0.1, -0.05) is 6.07 Å². The number of benzene rings is 1. The Morgan fingerprint density at radius 2 is 2.17 bits per heavy atom. The summed E-state index contributed by atoms with van der Waals surface area (Å²) in [7, 11) is 0. The van der Waals surface area contributed by atoms with Crippen LogP contribution in [0.3, 0.4) is 0 Å². The van der Waals surface area contributed by atoms with Gasteiger partial charge in [0.25, 0.3) is 0 Å². The van der Waals surface area contributed by atoms with Crippen molar-refractivity contribution in [2.75, 3.05) is 37.6 Å². The molecule has 2 aliphatic rings. The normalized spacial score (nSPS) is 24.7. The highest BCUT2D eigenvalue weighted by atomic mass is 19.1. The minimum absolute atomic E-state index is 0.159. The van der Waals surface area contributed by atoms with Gasteiger partial charge in [0.1, 0.15) is 5.82 Å². The van der Waals surface area contributed by atoms with Crippen LogP contribution in [0.25, 0.3) is 0 Å². The first kappa shape index (κ1) is 16.2. The number of nitrogens with one attached hydrogen (secondary N) is 3. The third-order valence-electron chi connectivity index (χ3n) is 4.36. The number of aliphatic hydroxyl groups excluding tert-OH is 1. The van der Waals surface area contributed by atoms with Gasteiger partial charge in [0, 0.05) is 39.3 Å². The van der Waals surface area contributed by atoms with E-state index < -0.39 is 6.10 Å². The minimum Gasteiger partial charge on any atom is -0.392 e. The van der Waals surface area contributed by atoms with Crippen LogP contribution in [0.2, 0.25) is 0 Å². The number of hydrogen-bond donors (Lipinski definition) is 4. The topological polar surface area (TPSA) is 76.6 Å². The zero-order chi connectivity index (χ0) is 16.2. The lowest BCUT2D eigenvalue weighted by Crippen LogP contribution is -2.43. The standard InChI is InChI=1S/C16H23FN4O2/c17-13-7-11(1-2-15(13)21-5-3-18-4-6-21)9-20-16(23)14-8-12(22)10-19-14/h1-2,7,12,14,18-19,22H,3-6,8-10H2,(H,20,23)/t12-,14+/m0/s1. The molecule has 2 aliphatic heterocycles. The molecule has 0 aliphatic carbocycles. The van der Waals surface area contributed by atoms with Gasteiger partial charge in [-0.25, -0.2) is 4.39 Å². The molecule has 6 nitrogen and oxygen atoms in total. The van der Waals surface area contributed by atoms with Crippen molar-refractivity contribution in [3.05, 3.63) is 29.6 Å². The summed E-state index contributed by atoms with van der Waals surface area (Å²) in [6.45, 7) is 4.03. The summed E-state index contributed by atoms with van der Waals surface area (Å²) in [4.78, 5) is 14.0. The maximum Gasteiger partial charge on any atom is 0.237 e. The van der Waals surface area contributed by atoms with Crippen molar-refractivity contribution < 1.29 is 14.3 Å². The first-order chi connectivity index (χ1) is 11.1. The van der Waals surface area contributed by atoms with Crippen molar-refractivity contribution >= 4 is 11.6 Å². The molecule has 2 atom stereocenters. The number of halogens is 1. The molecule has 1 amide bonds. The number of anilines is 1. The Hall–Kier alpha value is -1.70. The first-order valence-corrected chi connectivity index (χ1v) is 8.07. The second-order valence-electron chi connectivity index (χ2n) is 6.09. The fourth-order valence-electron chi connectivity index (χ4n) is 3.05. The molecule has 0 aromatic heterocycles. The quantitative estimate of drug-likeness (QED) is 0.605. The van der Waals surface area contributed by atoms with E-state index in [0.29, 0.717) is 18.7 Å². The maximum absolute atomic E-state index is 14.3. The second kappa shape index (κ2) is 7.25. The van der Waals surface area contributed by atoms with Crippen LogP contribution in [-0.4, -0.2) is 55.9 Å². The third kappa shape index (κ3) is 3.99. The number of hydrogen-bond acceptors (Lipinski definition) is 5. The lowest BCUT2D eigenvalue weighted by molar-refractivity contribution is -0.123. The van der Waals surface area contributed by atoms with Gasteiger partial charge in [-0.05, 0) is 24.1 Å². The summed E-state index contributed by atoms with van der Waals surface area (Å²) >= 11 is 0. The second-order valence-corrected chi connectivity index (χ2v) is 6.09. The summed E-state index contributed by atoms with van der Waals surface area (Å²) in [6.07, 6.45) is -0.0520. The van der Waals surface area contributed by atoms with Crippen LogP contribution in [0.1, 0.15) is 12.0 Å². The molecule has 4 N–H and O–H groups in total. The van der Waals surface area contributed by atoms with Crippen molar-refractivity contribution in [2.45, 2.75) is 25.1 Å². The molecule has 0 bridgehead atoms. The van der Waals surface area contributed by atoms with Crippen LogP contribution in [0, 0.1) is 5.82 Å². The monoisotopic (exact) mass is 322 g/mol. The average molecular weight is 322 g/mol. The van der Waals surface area contributed by atoms with E-state index in [2.05, 4.69) is 16.0 Å². The third-order valence-corrected chi connectivity index (χ3v) is 4.36. The molecule has 23 heavy (non-hydrogen) atoms. The molecule has 1 aromatic carbocycles. The van der Waals surface area contributed by atoms with Gasteiger partial charge in [-0.15, -0.1) is 0 Å². The van der Waals surface area contributed by atoms with Gasteiger partial charge in [0.15, 0.2) is 0 Å². The number of aliphatic hydroxyl groups is 1. The number of nitrogens with zero attached hydrogens (tertiary/aromatic N) is 1.